The Morgan fingerprint density at radius 2 is 2.55 bits per heavy atom. The van der Waals surface area contributed by atoms with Crippen LogP contribution in [0.25, 0.3) is 0 Å². The SMILES string of the molecule is CCCC1=NOC2CNCC12. The van der Waals surface area contributed by atoms with Gasteiger partial charge in [0.05, 0.1) is 11.6 Å². The quantitative estimate of drug-likeness (QED) is 0.637. The minimum atomic E-state index is 0.344. The second-order valence-corrected chi connectivity index (χ2v) is 3.24. The molecule has 0 aliphatic carbocycles. The summed E-state index contributed by atoms with van der Waals surface area (Å²) in [5, 5.41) is 7.39. The van der Waals surface area contributed by atoms with Gasteiger partial charge >= 0.3 is 0 Å². The Bertz CT molecular complexity index is 179. The molecule has 2 aliphatic rings. The lowest BCUT2D eigenvalue weighted by Crippen LogP contribution is -2.20. The van der Waals surface area contributed by atoms with Gasteiger partial charge in [0.15, 0.2) is 0 Å². The monoisotopic (exact) mass is 154 g/mol. The highest BCUT2D eigenvalue weighted by Gasteiger charge is 2.37. The summed E-state index contributed by atoms with van der Waals surface area (Å²) in [6.45, 7) is 4.21. The smallest absolute Gasteiger partial charge is 0.149 e. The number of hydrogen-bond donors (Lipinski definition) is 1. The van der Waals surface area contributed by atoms with E-state index < -0.39 is 0 Å². The first-order chi connectivity index (χ1) is 5.42. The summed E-state index contributed by atoms with van der Waals surface area (Å²) in [5.74, 6) is 0.579. The van der Waals surface area contributed by atoms with Gasteiger partial charge in [-0.1, -0.05) is 18.5 Å². The van der Waals surface area contributed by atoms with E-state index in [0.717, 1.165) is 19.5 Å². The molecule has 2 atom stereocenters. The highest BCUT2D eigenvalue weighted by Crippen LogP contribution is 2.23. The maximum absolute atomic E-state index is 5.27. The molecule has 2 rings (SSSR count). The van der Waals surface area contributed by atoms with Crippen molar-refractivity contribution >= 4 is 5.71 Å². The molecule has 0 spiro atoms. The van der Waals surface area contributed by atoms with Crippen molar-refractivity contribution in [1.29, 1.82) is 0 Å². The van der Waals surface area contributed by atoms with Crippen molar-refractivity contribution < 1.29 is 4.84 Å². The lowest BCUT2D eigenvalue weighted by molar-refractivity contribution is 0.0841. The number of nitrogens with zero attached hydrogens (tertiary/aromatic N) is 1. The predicted octanol–water partition coefficient (Wildman–Crippen LogP) is 0.761. The Hall–Kier alpha value is -0.570. The maximum Gasteiger partial charge on any atom is 0.149 e. The van der Waals surface area contributed by atoms with Gasteiger partial charge in [-0.2, -0.15) is 0 Å². The largest absolute Gasteiger partial charge is 0.390 e. The van der Waals surface area contributed by atoms with Gasteiger partial charge in [0, 0.05) is 13.1 Å². The lowest BCUT2D eigenvalue weighted by Gasteiger charge is -2.05. The first-order valence-electron chi connectivity index (χ1n) is 4.35. The van der Waals surface area contributed by atoms with Crippen LogP contribution in [0, 0.1) is 5.92 Å². The van der Waals surface area contributed by atoms with Gasteiger partial charge in [-0.05, 0) is 6.42 Å². The number of rotatable bonds is 2. The van der Waals surface area contributed by atoms with E-state index >= 15 is 0 Å². The van der Waals surface area contributed by atoms with Crippen molar-refractivity contribution in [2.75, 3.05) is 13.1 Å². The van der Waals surface area contributed by atoms with Crippen molar-refractivity contribution in [3.63, 3.8) is 0 Å². The molecule has 0 aromatic rings. The molecule has 1 fully saturated rings. The van der Waals surface area contributed by atoms with Gasteiger partial charge in [-0.3, -0.25) is 0 Å². The van der Waals surface area contributed by atoms with Crippen LogP contribution in [-0.2, 0) is 4.84 Å². The zero-order valence-electron chi connectivity index (χ0n) is 6.84. The van der Waals surface area contributed by atoms with Crippen molar-refractivity contribution in [3.05, 3.63) is 0 Å². The summed E-state index contributed by atoms with van der Waals surface area (Å²) in [4.78, 5) is 5.27. The molecule has 0 amide bonds. The van der Waals surface area contributed by atoms with Gasteiger partial charge in [0.25, 0.3) is 0 Å². The lowest BCUT2D eigenvalue weighted by atomic mass is 9.98. The number of fused-ring (bicyclic) bond motifs is 1. The van der Waals surface area contributed by atoms with Crippen LogP contribution in [-0.4, -0.2) is 24.9 Å². The Labute approximate surface area is 66.8 Å². The van der Waals surface area contributed by atoms with Crippen LogP contribution in [0.1, 0.15) is 19.8 Å². The first-order valence-corrected chi connectivity index (χ1v) is 4.35. The Morgan fingerprint density at radius 3 is 3.36 bits per heavy atom. The van der Waals surface area contributed by atoms with Crippen LogP contribution >= 0.6 is 0 Å². The Morgan fingerprint density at radius 1 is 1.64 bits per heavy atom. The molecule has 0 radical (unpaired) electrons. The topological polar surface area (TPSA) is 33.6 Å². The summed E-state index contributed by atoms with van der Waals surface area (Å²) in [6.07, 6.45) is 2.62. The molecule has 2 heterocycles. The van der Waals surface area contributed by atoms with E-state index in [2.05, 4.69) is 17.4 Å². The molecular formula is C8H14N2O. The molecular weight excluding hydrogens is 140 g/mol. The van der Waals surface area contributed by atoms with Crippen LogP contribution in [0.4, 0.5) is 0 Å². The third-order valence-electron chi connectivity index (χ3n) is 2.40. The van der Waals surface area contributed by atoms with Crippen LogP contribution < -0.4 is 5.32 Å². The molecule has 2 aliphatic heterocycles. The fraction of sp³-hybridized carbons (Fsp3) is 0.875. The standard InChI is InChI=1S/C8H14N2O/c1-2-3-7-6-4-9-5-8(6)11-10-7/h6,8-9H,2-5H2,1H3. The van der Waals surface area contributed by atoms with Gasteiger partial charge in [-0.25, -0.2) is 0 Å². The van der Waals surface area contributed by atoms with Crippen molar-refractivity contribution in [2.24, 2.45) is 11.1 Å². The average Bonchev–Trinajstić information content (AvgIpc) is 2.53. The fourth-order valence-corrected chi connectivity index (χ4v) is 1.79. The summed E-state index contributed by atoms with van der Waals surface area (Å²) >= 11 is 0. The summed E-state index contributed by atoms with van der Waals surface area (Å²) in [7, 11) is 0. The highest BCUT2D eigenvalue weighted by atomic mass is 16.6. The first kappa shape index (κ1) is 7.10. The Kier molecular flexibility index (Phi) is 1.82. The van der Waals surface area contributed by atoms with E-state index in [9.17, 15) is 0 Å². The van der Waals surface area contributed by atoms with Crippen molar-refractivity contribution in [2.45, 2.75) is 25.9 Å². The van der Waals surface area contributed by atoms with E-state index in [1.807, 2.05) is 0 Å². The van der Waals surface area contributed by atoms with Crippen molar-refractivity contribution in [3.8, 4) is 0 Å². The summed E-state index contributed by atoms with van der Waals surface area (Å²) < 4.78 is 0. The third-order valence-corrected chi connectivity index (χ3v) is 2.40. The van der Waals surface area contributed by atoms with Gasteiger partial charge in [-0.15, -0.1) is 0 Å². The third kappa shape index (κ3) is 1.13. The molecule has 62 valence electrons. The molecule has 0 bridgehead atoms. The van der Waals surface area contributed by atoms with Gasteiger partial charge in [0.1, 0.15) is 6.10 Å². The molecule has 11 heavy (non-hydrogen) atoms. The van der Waals surface area contributed by atoms with Crippen LogP contribution in [0.2, 0.25) is 0 Å². The second-order valence-electron chi connectivity index (χ2n) is 3.24. The number of hydrogen-bond acceptors (Lipinski definition) is 3. The molecule has 1 N–H and O–H groups in total. The predicted molar refractivity (Wildman–Crippen MR) is 43.6 cm³/mol. The van der Waals surface area contributed by atoms with E-state index in [0.29, 0.717) is 12.0 Å². The number of oxime groups is 1. The minimum Gasteiger partial charge on any atom is -0.390 e. The molecule has 3 heteroatoms. The zero-order valence-corrected chi connectivity index (χ0v) is 6.84. The van der Waals surface area contributed by atoms with Crippen molar-refractivity contribution in [1.82, 2.24) is 5.32 Å². The highest BCUT2D eigenvalue weighted by molar-refractivity contribution is 5.88. The van der Waals surface area contributed by atoms with E-state index in [-0.39, 0.29) is 0 Å². The van der Waals surface area contributed by atoms with E-state index in [1.165, 1.54) is 12.1 Å². The molecule has 2 unspecified atom stereocenters. The minimum absolute atomic E-state index is 0.344. The van der Waals surface area contributed by atoms with Crippen LogP contribution in [0.3, 0.4) is 0 Å². The normalized spacial score (nSPS) is 34.8. The van der Waals surface area contributed by atoms with Gasteiger partial charge < -0.3 is 10.2 Å². The molecule has 1 saturated heterocycles. The summed E-state index contributed by atoms with van der Waals surface area (Å²) in [6, 6.07) is 0. The van der Waals surface area contributed by atoms with E-state index in [1.54, 1.807) is 0 Å². The summed E-state index contributed by atoms with van der Waals surface area (Å²) in [5.41, 5.74) is 1.27. The maximum atomic E-state index is 5.27. The van der Waals surface area contributed by atoms with E-state index in [4.69, 9.17) is 4.84 Å². The van der Waals surface area contributed by atoms with Crippen LogP contribution in [0.15, 0.2) is 5.16 Å². The van der Waals surface area contributed by atoms with Gasteiger partial charge in [0.2, 0.25) is 0 Å². The van der Waals surface area contributed by atoms with Crippen LogP contribution in [0.5, 0.6) is 0 Å². The molecule has 3 nitrogen and oxygen atoms in total. The second kappa shape index (κ2) is 2.81. The fourth-order valence-electron chi connectivity index (χ4n) is 1.79. The molecule has 0 saturated carbocycles. The average molecular weight is 154 g/mol. The molecule has 0 aromatic heterocycles. The Balaban J connectivity index is 2.00. The zero-order chi connectivity index (χ0) is 7.68. The molecule has 0 aromatic carbocycles. The number of nitrogens with one attached hydrogen (secondary N) is 1.